The van der Waals surface area contributed by atoms with E-state index in [0.717, 1.165) is 0 Å². The van der Waals surface area contributed by atoms with Crippen LogP contribution in [0, 0.1) is 0 Å². The van der Waals surface area contributed by atoms with Crippen LogP contribution < -0.4 is 0 Å². The Hall–Kier alpha value is 0.239. The quantitative estimate of drug-likeness (QED) is 0.355. The van der Waals surface area contributed by atoms with Gasteiger partial charge in [0, 0.05) is 0 Å². The van der Waals surface area contributed by atoms with Crippen molar-refractivity contribution in [2.75, 3.05) is 6.61 Å². The van der Waals surface area contributed by atoms with Crippen LogP contribution in [0.1, 0.15) is 59.3 Å². The molecule has 0 aromatic rings. The summed E-state index contributed by atoms with van der Waals surface area (Å²) in [5, 5.41) is 8.82. The van der Waals surface area contributed by atoms with Crippen molar-refractivity contribution in [3.05, 3.63) is 22.3 Å². The average molecular weight is 373 g/mol. The summed E-state index contributed by atoms with van der Waals surface area (Å²) in [6, 6.07) is 0. The summed E-state index contributed by atoms with van der Waals surface area (Å²) >= 11 is -2.05. The van der Waals surface area contributed by atoms with Gasteiger partial charge in [0.2, 0.25) is 0 Å². The van der Waals surface area contributed by atoms with Gasteiger partial charge in [0.1, 0.15) is 0 Å². The summed E-state index contributed by atoms with van der Waals surface area (Å²) in [6.45, 7) is 7.09. The second-order valence-electron chi connectivity index (χ2n) is 5.64. The number of unbranched alkanes of at least 4 members (excludes halogenated alkanes) is 3. The van der Waals surface area contributed by atoms with Gasteiger partial charge in [0.15, 0.2) is 0 Å². The summed E-state index contributed by atoms with van der Waals surface area (Å²) in [5.41, 5.74) is 0. The number of allylic oxidation sites excluding steroid dienone is 2. The van der Waals surface area contributed by atoms with Crippen LogP contribution in [0.3, 0.4) is 0 Å². The van der Waals surface area contributed by atoms with Crippen molar-refractivity contribution in [2.24, 2.45) is 0 Å². The molecule has 1 N–H and O–H groups in total. The predicted octanol–water partition coefficient (Wildman–Crippen LogP) is 5.48. The first-order valence-corrected chi connectivity index (χ1v) is 15.9. The fourth-order valence-corrected chi connectivity index (χ4v) is 16.7. The molecule has 0 amide bonds. The zero-order valence-corrected chi connectivity index (χ0v) is 16.2. The summed E-state index contributed by atoms with van der Waals surface area (Å²) in [7, 11) is 0. The molecule has 1 nitrogen and oxygen atoms in total. The van der Waals surface area contributed by atoms with Crippen LogP contribution in [0.15, 0.2) is 22.3 Å². The van der Waals surface area contributed by atoms with E-state index in [4.69, 9.17) is 5.11 Å². The third-order valence-corrected chi connectivity index (χ3v) is 18.0. The normalized spacial score (nSPS) is 12.8. The number of aliphatic hydroxyl groups excluding tert-OH is 1. The van der Waals surface area contributed by atoms with Crippen LogP contribution in [0.2, 0.25) is 13.3 Å². The molecule has 0 aromatic heterocycles. The Morgan fingerprint density at radius 2 is 1.26 bits per heavy atom. The van der Waals surface area contributed by atoms with Gasteiger partial charge in [-0.15, -0.1) is 0 Å². The first-order chi connectivity index (χ1) is 9.24. The molecule has 0 saturated carbocycles. The van der Waals surface area contributed by atoms with Gasteiger partial charge in [-0.05, 0) is 0 Å². The second-order valence-corrected chi connectivity index (χ2v) is 18.7. The summed E-state index contributed by atoms with van der Waals surface area (Å²) < 4.78 is 7.19. The molecule has 0 aliphatic carbocycles. The van der Waals surface area contributed by atoms with Crippen LogP contribution >= 0.6 is 0 Å². The third-order valence-electron chi connectivity index (χ3n) is 3.89. The molecule has 0 heterocycles. The number of hydrogen-bond acceptors (Lipinski definition) is 1. The van der Waals surface area contributed by atoms with Crippen molar-refractivity contribution >= 4 is 18.4 Å². The topological polar surface area (TPSA) is 20.2 Å². The first-order valence-electron chi connectivity index (χ1n) is 8.20. The van der Waals surface area contributed by atoms with Crippen LogP contribution in [0.25, 0.3) is 0 Å². The minimum absolute atomic E-state index is 0.158. The van der Waals surface area contributed by atoms with Crippen molar-refractivity contribution in [1.29, 1.82) is 0 Å². The second kappa shape index (κ2) is 13.2. The molecule has 0 radical (unpaired) electrons. The molecular weight excluding hydrogens is 339 g/mol. The van der Waals surface area contributed by atoms with Crippen molar-refractivity contribution < 1.29 is 5.11 Å². The maximum atomic E-state index is 8.82. The molecule has 19 heavy (non-hydrogen) atoms. The zero-order chi connectivity index (χ0) is 14.4. The predicted molar refractivity (Wildman–Crippen MR) is 90.3 cm³/mol. The van der Waals surface area contributed by atoms with E-state index in [1.54, 1.807) is 0 Å². The number of aliphatic hydroxyl groups is 1. The van der Waals surface area contributed by atoms with Gasteiger partial charge < -0.3 is 0 Å². The van der Waals surface area contributed by atoms with Gasteiger partial charge in [-0.2, -0.15) is 0 Å². The van der Waals surface area contributed by atoms with Gasteiger partial charge >= 0.3 is 125 Å². The Morgan fingerprint density at radius 1 is 0.789 bits per heavy atom. The molecule has 0 spiro atoms. The van der Waals surface area contributed by atoms with Gasteiger partial charge in [-0.25, -0.2) is 0 Å². The molecule has 0 aliphatic heterocycles. The Labute approximate surface area is 125 Å². The van der Waals surface area contributed by atoms with Gasteiger partial charge in [0.05, 0.1) is 0 Å². The molecule has 0 unspecified atom stereocenters. The summed E-state index contributed by atoms with van der Waals surface area (Å²) in [4.78, 5) is 0. The number of rotatable bonds is 12. The molecular formula is C17H34OSn. The average Bonchev–Trinajstić information content (AvgIpc) is 2.44. The van der Waals surface area contributed by atoms with E-state index in [-0.39, 0.29) is 6.61 Å². The third kappa shape index (κ3) is 9.72. The fourth-order valence-electron chi connectivity index (χ4n) is 2.61. The SMILES string of the molecule is CCC[CH2][Sn]([CH]=CC=CCO)([CH2]CCC)[CH2]CCC. The van der Waals surface area contributed by atoms with Crippen LogP contribution in [0.4, 0.5) is 0 Å². The van der Waals surface area contributed by atoms with Crippen molar-refractivity contribution in [1.82, 2.24) is 0 Å². The Morgan fingerprint density at radius 3 is 1.63 bits per heavy atom. The first kappa shape index (κ1) is 19.2. The van der Waals surface area contributed by atoms with E-state index < -0.39 is 18.4 Å². The van der Waals surface area contributed by atoms with Crippen LogP contribution in [0.5, 0.6) is 0 Å². The van der Waals surface area contributed by atoms with Gasteiger partial charge in [-0.3, -0.25) is 0 Å². The maximum absolute atomic E-state index is 8.82. The van der Waals surface area contributed by atoms with Gasteiger partial charge in [-0.1, -0.05) is 0 Å². The Kier molecular flexibility index (Phi) is 13.4. The molecule has 0 aromatic carbocycles. The summed E-state index contributed by atoms with van der Waals surface area (Å²) in [5.74, 6) is 0. The molecule has 0 aliphatic rings. The minimum atomic E-state index is -2.05. The van der Waals surface area contributed by atoms with E-state index in [1.807, 2.05) is 12.2 Å². The Balaban J connectivity index is 4.75. The molecule has 0 atom stereocenters. The van der Waals surface area contributed by atoms with Crippen molar-refractivity contribution in [3.63, 3.8) is 0 Å². The van der Waals surface area contributed by atoms with Crippen LogP contribution in [-0.2, 0) is 0 Å². The van der Waals surface area contributed by atoms with Crippen molar-refractivity contribution in [2.45, 2.75) is 72.6 Å². The molecule has 2 heteroatoms. The van der Waals surface area contributed by atoms with E-state index in [1.165, 1.54) is 51.8 Å². The standard InChI is InChI=1S/C5H7O.3C4H9.Sn/c1-2-3-4-5-6;3*1-3-4-2;/h1-4,6H,5H2;3*1,3-4H2,2H3;. The van der Waals surface area contributed by atoms with Crippen LogP contribution in [-0.4, -0.2) is 30.1 Å². The molecule has 0 saturated heterocycles. The summed E-state index contributed by atoms with van der Waals surface area (Å²) in [6.07, 6.45) is 14.4. The molecule has 0 rings (SSSR count). The van der Waals surface area contributed by atoms with E-state index in [9.17, 15) is 0 Å². The number of hydrogen-bond donors (Lipinski definition) is 1. The molecule has 0 bridgehead atoms. The van der Waals surface area contributed by atoms with E-state index in [2.05, 4.69) is 30.9 Å². The van der Waals surface area contributed by atoms with E-state index >= 15 is 0 Å². The molecule has 112 valence electrons. The Bertz CT molecular complexity index is 224. The fraction of sp³-hybridized carbons (Fsp3) is 0.765. The van der Waals surface area contributed by atoms with Gasteiger partial charge in [0.25, 0.3) is 0 Å². The monoisotopic (exact) mass is 374 g/mol. The zero-order valence-electron chi connectivity index (χ0n) is 13.3. The molecule has 0 fully saturated rings. The van der Waals surface area contributed by atoms with E-state index in [0.29, 0.717) is 0 Å². The van der Waals surface area contributed by atoms with Crippen molar-refractivity contribution in [3.8, 4) is 0 Å².